The van der Waals surface area contributed by atoms with Gasteiger partial charge >= 0.3 is 12.0 Å². The Hall–Kier alpha value is -4.13. The van der Waals surface area contributed by atoms with Gasteiger partial charge in [0.15, 0.2) is 0 Å². The molecule has 0 saturated carbocycles. The maximum absolute atomic E-state index is 13.1. The molecule has 1 aliphatic rings. The van der Waals surface area contributed by atoms with Crippen LogP contribution in [0.15, 0.2) is 72.8 Å². The van der Waals surface area contributed by atoms with Crippen molar-refractivity contribution in [1.29, 1.82) is 0 Å². The van der Waals surface area contributed by atoms with Crippen molar-refractivity contribution < 1.29 is 19.1 Å². The summed E-state index contributed by atoms with van der Waals surface area (Å²) < 4.78 is 4.96. The minimum atomic E-state index is -0.399. The Morgan fingerprint density at radius 2 is 1.71 bits per heavy atom. The van der Waals surface area contributed by atoms with E-state index in [9.17, 15) is 14.4 Å². The normalized spacial score (nSPS) is 14.3. The van der Waals surface area contributed by atoms with E-state index in [1.807, 2.05) is 60.4 Å². The third-order valence-corrected chi connectivity index (χ3v) is 5.71. The summed E-state index contributed by atoms with van der Waals surface area (Å²) >= 11 is 0. The van der Waals surface area contributed by atoms with Crippen molar-refractivity contribution in [1.82, 2.24) is 5.32 Å². The first kappa shape index (κ1) is 23.0. The lowest BCUT2D eigenvalue weighted by molar-refractivity contribution is 0.0526. The molecular weight excluding hydrogens is 430 g/mol. The van der Waals surface area contributed by atoms with E-state index in [-0.39, 0.29) is 18.0 Å². The van der Waals surface area contributed by atoms with Crippen LogP contribution in [0.2, 0.25) is 0 Å². The summed E-state index contributed by atoms with van der Waals surface area (Å²) in [7, 11) is 0. The number of benzene rings is 3. The number of anilines is 2. The summed E-state index contributed by atoms with van der Waals surface area (Å²) in [5, 5.41) is 5.59. The second kappa shape index (κ2) is 10.2. The van der Waals surface area contributed by atoms with E-state index in [1.54, 1.807) is 31.2 Å². The second-order valence-corrected chi connectivity index (χ2v) is 8.16. The van der Waals surface area contributed by atoms with E-state index < -0.39 is 5.97 Å². The Balaban J connectivity index is 1.39. The van der Waals surface area contributed by atoms with Gasteiger partial charge in [0.25, 0.3) is 5.91 Å². The highest BCUT2D eigenvalue weighted by atomic mass is 16.5. The molecular formula is C27H27N3O4. The van der Waals surface area contributed by atoms with Gasteiger partial charge in [-0.25, -0.2) is 9.59 Å². The number of hydrogen-bond acceptors (Lipinski definition) is 4. The molecule has 0 aromatic heterocycles. The van der Waals surface area contributed by atoms with Crippen LogP contribution in [0.4, 0.5) is 16.2 Å². The molecule has 1 heterocycles. The molecule has 3 amide bonds. The van der Waals surface area contributed by atoms with Gasteiger partial charge in [0.05, 0.1) is 12.2 Å². The van der Waals surface area contributed by atoms with Gasteiger partial charge in [0.1, 0.15) is 0 Å². The third-order valence-electron chi connectivity index (χ3n) is 5.71. The van der Waals surface area contributed by atoms with Crippen LogP contribution in [0.25, 0.3) is 0 Å². The lowest BCUT2D eigenvalue weighted by atomic mass is 10.1. The molecule has 3 aromatic carbocycles. The Labute approximate surface area is 198 Å². The summed E-state index contributed by atoms with van der Waals surface area (Å²) in [6.45, 7) is 4.40. The molecule has 7 heteroatoms. The van der Waals surface area contributed by atoms with Crippen molar-refractivity contribution in [2.45, 2.75) is 32.9 Å². The average molecular weight is 458 g/mol. The summed E-state index contributed by atoms with van der Waals surface area (Å²) in [5.74, 6) is -0.426. The maximum atomic E-state index is 13.1. The van der Waals surface area contributed by atoms with Crippen LogP contribution in [-0.2, 0) is 17.7 Å². The number of nitrogens with one attached hydrogen (secondary N) is 2. The summed E-state index contributed by atoms with van der Waals surface area (Å²) in [4.78, 5) is 39.1. The van der Waals surface area contributed by atoms with Crippen LogP contribution >= 0.6 is 0 Å². The van der Waals surface area contributed by atoms with Gasteiger partial charge in [0, 0.05) is 29.5 Å². The zero-order chi connectivity index (χ0) is 24.1. The van der Waals surface area contributed by atoms with Gasteiger partial charge in [-0.15, -0.1) is 0 Å². The second-order valence-electron chi connectivity index (χ2n) is 8.16. The number of carbonyl (C=O) groups is 3. The standard InChI is InChI=1S/C27H27N3O4/c1-3-34-26(32)21-11-13-23(14-12-21)29-27(33)28-17-19-9-10-22-15-18(2)30(24(22)16-19)25(31)20-7-5-4-6-8-20/h4-14,16,18H,3,15,17H2,1-2H3,(H2,28,29,33). The van der Waals surface area contributed by atoms with Crippen molar-refractivity contribution in [2.24, 2.45) is 0 Å². The Morgan fingerprint density at radius 1 is 0.971 bits per heavy atom. The van der Waals surface area contributed by atoms with Crippen LogP contribution < -0.4 is 15.5 Å². The quantitative estimate of drug-likeness (QED) is 0.522. The van der Waals surface area contributed by atoms with Gasteiger partial charge in [-0.1, -0.05) is 30.3 Å². The minimum Gasteiger partial charge on any atom is -0.462 e. The Morgan fingerprint density at radius 3 is 2.41 bits per heavy atom. The van der Waals surface area contributed by atoms with Crippen LogP contribution in [0.3, 0.4) is 0 Å². The van der Waals surface area contributed by atoms with Crippen molar-refractivity contribution in [3.8, 4) is 0 Å². The van der Waals surface area contributed by atoms with Gasteiger partial charge in [0.2, 0.25) is 0 Å². The molecule has 1 atom stereocenters. The Kier molecular flexibility index (Phi) is 6.92. The van der Waals surface area contributed by atoms with E-state index >= 15 is 0 Å². The minimum absolute atomic E-state index is 0.0269. The summed E-state index contributed by atoms with van der Waals surface area (Å²) in [6.07, 6.45) is 0.796. The summed E-state index contributed by atoms with van der Waals surface area (Å²) in [5.41, 5.74) is 4.54. The number of fused-ring (bicyclic) bond motifs is 1. The molecule has 0 saturated heterocycles. The van der Waals surface area contributed by atoms with Crippen LogP contribution in [0.1, 0.15) is 45.7 Å². The fourth-order valence-electron chi connectivity index (χ4n) is 4.05. The molecule has 4 rings (SSSR count). The first-order valence-corrected chi connectivity index (χ1v) is 11.3. The van der Waals surface area contributed by atoms with Crippen LogP contribution in [-0.4, -0.2) is 30.6 Å². The first-order valence-electron chi connectivity index (χ1n) is 11.3. The number of carbonyl (C=O) groups excluding carboxylic acids is 3. The first-order chi connectivity index (χ1) is 16.5. The van der Waals surface area contributed by atoms with E-state index in [0.717, 1.165) is 23.2 Å². The number of ether oxygens (including phenoxy) is 1. The molecule has 7 nitrogen and oxygen atoms in total. The molecule has 2 N–H and O–H groups in total. The van der Waals surface area contributed by atoms with Gasteiger partial charge in [-0.3, -0.25) is 4.79 Å². The fraction of sp³-hybridized carbons (Fsp3) is 0.222. The molecule has 0 radical (unpaired) electrons. The molecule has 0 spiro atoms. The smallest absolute Gasteiger partial charge is 0.338 e. The molecule has 1 unspecified atom stereocenters. The topological polar surface area (TPSA) is 87.7 Å². The van der Waals surface area contributed by atoms with Crippen molar-refractivity contribution >= 4 is 29.3 Å². The number of amides is 3. The number of hydrogen-bond donors (Lipinski definition) is 2. The monoisotopic (exact) mass is 457 g/mol. The molecule has 0 bridgehead atoms. The molecule has 3 aromatic rings. The van der Waals surface area contributed by atoms with E-state index in [1.165, 1.54) is 0 Å². The lowest BCUT2D eigenvalue weighted by Crippen LogP contribution is -2.35. The SMILES string of the molecule is CCOC(=O)c1ccc(NC(=O)NCc2ccc3c(c2)N(C(=O)c2ccccc2)C(C)C3)cc1. The number of rotatable bonds is 6. The summed E-state index contributed by atoms with van der Waals surface area (Å²) in [6, 6.07) is 21.4. The number of urea groups is 1. The highest BCUT2D eigenvalue weighted by molar-refractivity contribution is 6.07. The van der Waals surface area contributed by atoms with E-state index in [2.05, 4.69) is 10.6 Å². The number of esters is 1. The van der Waals surface area contributed by atoms with Gasteiger partial charge < -0.3 is 20.3 Å². The third kappa shape index (κ3) is 5.09. The zero-order valence-electron chi connectivity index (χ0n) is 19.2. The van der Waals surface area contributed by atoms with Gasteiger partial charge in [-0.05, 0) is 73.9 Å². The lowest BCUT2D eigenvalue weighted by Gasteiger charge is -2.23. The predicted octanol–water partition coefficient (Wildman–Crippen LogP) is 4.78. The average Bonchev–Trinajstić information content (AvgIpc) is 3.18. The largest absolute Gasteiger partial charge is 0.462 e. The van der Waals surface area contributed by atoms with Gasteiger partial charge in [-0.2, -0.15) is 0 Å². The molecule has 174 valence electrons. The fourth-order valence-corrected chi connectivity index (χ4v) is 4.05. The Bertz CT molecular complexity index is 1190. The van der Waals surface area contributed by atoms with Crippen molar-refractivity contribution in [2.75, 3.05) is 16.8 Å². The zero-order valence-corrected chi connectivity index (χ0v) is 19.2. The molecule has 0 aliphatic carbocycles. The van der Waals surface area contributed by atoms with Crippen LogP contribution in [0, 0.1) is 0 Å². The maximum Gasteiger partial charge on any atom is 0.338 e. The van der Waals surface area contributed by atoms with Crippen LogP contribution in [0.5, 0.6) is 0 Å². The van der Waals surface area contributed by atoms with Crippen molar-refractivity contribution in [3.05, 3.63) is 95.1 Å². The molecule has 0 fully saturated rings. The van der Waals surface area contributed by atoms with E-state index in [4.69, 9.17) is 4.74 Å². The van der Waals surface area contributed by atoms with Crippen molar-refractivity contribution in [3.63, 3.8) is 0 Å². The predicted molar refractivity (Wildman–Crippen MR) is 131 cm³/mol. The molecule has 1 aliphatic heterocycles. The van der Waals surface area contributed by atoms with E-state index in [0.29, 0.717) is 30.0 Å². The number of nitrogens with zero attached hydrogens (tertiary/aromatic N) is 1. The molecule has 34 heavy (non-hydrogen) atoms. The highest BCUT2D eigenvalue weighted by Crippen LogP contribution is 2.34. The highest BCUT2D eigenvalue weighted by Gasteiger charge is 2.31.